The molecule has 0 aliphatic heterocycles. The smallest absolute Gasteiger partial charge is 0.258 e. The van der Waals surface area contributed by atoms with Crippen LogP contribution >= 0.6 is 0 Å². The van der Waals surface area contributed by atoms with E-state index in [0.29, 0.717) is 5.39 Å². The van der Waals surface area contributed by atoms with Gasteiger partial charge in [-0.3, -0.25) is 4.79 Å². The van der Waals surface area contributed by atoms with Gasteiger partial charge in [-0.15, -0.1) is 0 Å². The lowest BCUT2D eigenvalue weighted by molar-refractivity contribution is -0.924. The van der Waals surface area contributed by atoms with Crippen LogP contribution in [0.15, 0.2) is 71.5 Å². The fraction of sp³-hybridized carbons (Fsp3) is 0.182. The Kier molecular flexibility index (Phi) is 4.27. The molecule has 0 radical (unpaired) electrons. The molecule has 0 saturated carbocycles. The molecule has 4 rings (SSSR count). The van der Waals surface area contributed by atoms with Gasteiger partial charge in [-0.25, -0.2) is 4.98 Å². The Morgan fingerprint density at radius 1 is 1.00 bits per heavy atom. The summed E-state index contributed by atoms with van der Waals surface area (Å²) in [4.78, 5) is 21.2. The predicted molar refractivity (Wildman–Crippen MR) is 105 cm³/mol. The molecule has 26 heavy (non-hydrogen) atoms. The van der Waals surface area contributed by atoms with Crippen LogP contribution in [-0.2, 0) is 6.54 Å². The molecule has 4 aromatic rings. The molecule has 0 spiro atoms. The third kappa shape index (κ3) is 3.11. The van der Waals surface area contributed by atoms with E-state index in [9.17, 15) is 4.79 Å². The van der Waals surface area contributed by atoms with Gasteiger partial charge in [0.05, 0.1) is 18.0 Å². The molecule has 1 heterocycles. The van der Waals surface area contributed by atoms with E-state index in [1.165, 1.54) is 21.2 Å². The first-order valence-electron chi connectivity index (χ1n) is 8.91. The van der Waals surface area contributed by atoms with Crippen molar-refractivity contribution in [2.45, 2.75) is 19.5 Å². The van der Waals surface area contributed by atoms with Crippen molar-refractivity contribution in [2.24, 2.45) is 0 Å². The number of hydrogen-bond donors (Lipinski definition) is 2. The molecule has 130 valence electrons. The summed E-state index contributed by atoms with van der Waals surface area (Å²) in [6.45, 7) is 2.96. The highest BCUT2D eigenvalue weighted by Crippen LogP contribution is 2.15. The average Bonchev–Trinajstić information content (AvgIpc) is 2.67. The number of benzene rings is 3. The Hall–Kier alpha value is -2.98. The zero-order valence-corrected chi connectivity index (χ0v) is 15.0. The topological polar surface area (TPSA) is 50.2 Å². The summed E-state index contributed by atoms with van der Waals surface area (Å²) >= 11 is 0. The molecule has 0 amide bonds. The third-order valence-corrected chi connectivity index (χ3v) is 5.08. The normalized spacial score (nSPS) is 13.8. The first kappa shape index (κ1) is 16.5. The Balaban J connectivity index is 1.61. The van der Waals surface area contributed by atoms with Crippen molar-refractivity contribution in [3.63, 3.8) is 0 Å². The summed E-state index contributed by atoms with van der Waals surface area (Å²) in [7, 11) is 2.13. The van der Waals surface area contributed by atoms with Gasteiger partial charge < -0.3 is 9.88 Å². The van der Waals surface area contributed by atoms with E-state index < -0.39 is 0 Å². The van der Waals surface area contributed by atoms with E-state index in [2.05, 4.69) is 66.4 Å². The quantitative estimate of drug-likeness (QED) is 0.598. The summed E-state index contributed by atoms with van der Waals surface area (Å²) < 4.78 is 0. The van der Waals surface area contributed by atoms with E-state index in [1.54, 1.807) is 6.07 Å². The number of nitrogens with one attached hydrogen (secondary N) is 2. The number of fused-ring (bicyclic) bond motifs is 2. The summed E-state index contributed by atoms with van der Waals surface area (Å²) in [5.74, 6) is 0.729. The Morgan fingerprint density at radius 2 is 1.73 bits per heavy atom. The molecule has 4 nitrogen and oxygen atoms in total. The van der Waals surface area contributed by atoms with Crippen molar-refractivity contribution in [1.29, 1.82) is 0 Å². The first-order chi connectivity index (χ1) is 12.6. The highest BCUT2D eigenvalue weighted by Gasteiger charge is 2.19. The van der Waals surface area contributed by atoms with Crippen LogP contribution in [0.4, 0.5) is 0 Å². The van der Waals surface area contributed by atoms with Crippen LogP contribution in [0.1, 0.15) is 24.4 Å². The second kappa shape index (κ2) is 6.73. The fourth-order valence-corrected chi connectivity index (χ4v) is 3.37. The maximum atomic E-state index is 12.3. The molecule has 4 heteroatoms. The largest absolute Gasteiger partial charge is 0.325 e. The van der Waals surface area contributed by atoms with Gasteiger partial charge in [0.15, 0.2) is 5.82 Å². The van der Waals surface area contributed by atoms with Gasteiger partial charge in [0, 0.05) is 5.56 Å². The van der Waals surface area contributed by atoms with E-state index >= 15 is 0 Å². The predicted octanol–water partition coefficient (Wildman–Crippen LogP) is 2.85. The average molecular weight is 344 g/mol. The molecular weight excluding hydrogens is 322 g/mol. The molecular formula is C22H22N3O+. The van der Waals surface area contributed by atoms with E-state index in [0.717, 1.165) is 17.9 Å². The van der Waals surface area contributed by atoms with Gasteiger partial charge >= 0.3 is 0 Å². The minimum Gasteiger partial charge on any atom is -0.325 e. The number of H-pyrrole nitrogens is 1. The molecule has 0 aliphatic carbocycles. The Morgan fingerprint density at radius 3 is 2.58 bits per heavy atom. The molecule has 0 saturated heterocycles. The third-order valence-electron chi connectivity index (χ3n) is 5.08. The zero-order valence-electron chi connectivity index (χ0n) is 15.0. The monoisotopic (exact) mass is 344 g/mol. The second-order valence-corrected chi connectivity index (χ2v) is 6.89. The van der Waals surface area contributed by atoms with Crippen LogP contribution in [0.25, 0.3) is 21.7 Å². The molecule has 0 bridgehead atoms. The lowest BCUT2D eigenvalue weighted by Crippen LogP contribution is -3.07. The van der Waals surface area contributed by atoms with E-state index in [4.69, 9.17) is 0 Å². The maximum absolute atomic E-state index is 12.3. The molecule has 1 aromatic heterocycles. The molecule has 2 atom stereocenters. The lowest BCUT2D eigenvalue weighted by Gasteiger charge is -2.21. The first-order valence-corrected chi connectivity index (χ1v) is 8.91. The molecule has 0 fully saturated rings. The lowest BCUT2D eigenvalue weighted by atomic mass is 10.1. The van der Waals surface area contributed by atoms with Crippen LogP contribution in [0, 0.1) is 0 Å². The number of aromatic nitrogens is 2. The van der Waals surface area contributed by atoms with Crippen molar-refractivity contribution in [3.8, 4) is 0 Å². The van der Waals surface area contributed by atoms with Crippen LogP contribution in [0.2, 0.25) is 0 Å². The van der Waals surface area contributed by atoms with Crippen LogP contribution in [0.3, 0.4) is 0 Å². The number of nitrogens with zero attached hydrogens (tertiary/aromatic N) is 1. The molecule has 1 unspecified atom stereocenters. The number of aromatic amines is 1. The molecule has 2 N–H and O–H groups in total. The summed E-state index contributed by atoms with van der Waals surface area (Å²) in [5, 5.41) is 3.14. The summed E-state index contributed by atoms with van der Waals surface area (Å²) in [5.41, 5.74) is 1.95. The van der Waals surface area contributed by atoms with Crippen molar-refractivity contribution in [1.82, 2.24) is 9.97 Å². The highest BCUT2D eigenvalue weighted by molar-refractivity contribution is 5.83. The number of para-hydroxylation sites is 1. The van der Waals surface area contributed by atoms with Crippen molar-refractivity contribution in [2.75, 3.05) is 7.05 Å². The highest BCUT2D eigenvalue weighted by atomic mass is 16.1. The number of rotatable bonds is 4. The summed E-state index contributed by atoms with van der Waals surface area (Å²) in [6.07, 6.45) is 0. The fourth-order valence-electron chi connectivity index (χ4n) is 3.37. The molecule has 0 aliphatic rings. The summed E-state index contributed by atoms with van der Waals surface area (Å²) in [6, 6.07) is 22.5. The van der Waals surface area contributed by atoms with Crippen molar-refractivity contribution < 1.29 is 4.90 Å². The van der Waals surface area contributed by atoms with Gasteiger partial charge in [0.1, 0.15) is 12.6 Å². The van der Waals surface area contributed by atoms with Crippen molar-refractivity contribution in [3.05, 3.63) is 88.5 Å². The standard InChI is InChI=1S/C22H21N3O/c1-15(21-23-20-10-6-5-9-19(20)22(26)24-21)25(2)14-16-11-12-17-7-3-4-8-18(17)13-16/h3-13,15H,14H2,1-2H3,(H,23,24,26)/p+1/t15-/m1/s1. The maximum Gasteiger partial charge on any atom is 0.258 e. The SMILES string of the molecule is C[C@H](c1nc2ccccc2c(=O)[nH]1)[NH+](C)Cc1ccc2ccccc2c1. The second-order valence-electron chi connectivity index (χ2n) is 6.89. The molecule has 3 aromatic carbocycles. The Labute approximate surface area is 152 Å². The van der Waals surface area contributed by atoms with E-state index in [1.807, 2.05) is 18.2 Å². The van der Waals surface area contributed by atoms with Gasteiger partial charge in [0.25, 0.3) is 5.56 Å². The van der Waals surface area contributed by atoms with E-state index in [-0.39, 0.29) is 11.6 Å². The van der Waals surface area contributed by atoms with Crippen LogP contribution in [0.5, 0.6) is 0 Å². The number of hydrogen-bond acceptors (Lipinski definition) is 2. The Bertz CT molecular complexity index is 1130. The van der Waals surface area contributed by atoms with Crippen molar-refractivity contribution >= 4 is 21.7 Å². The zero-order chi connectivity index (χ0) is 18.1. The minimum absolute atomic E-state index is 0.0732. The van der Waals surface area contributed by atoms with Crippen LogP contribution < -0.4 is 10.5 Å². The minimum atomic E-state index is -0.0732. The van der Waals surface area contributed by atoms with Gasteiger partial charge in [0.2, 0.25) is 0 Å². The van der Waals surface area contributed by atoms with Gasteiger partial charge in [-0.05, 0) is 35.9 Å². The van der Waals surface area contributed by atoms with Gasteiger partial charge in [-0.2, -0.15) is 0 Å². The van der Waals surface area contributed by atoms with Gasteiger partial charge in [-0.1, -0.05) is 48.5 Å². The number of quaternary nitrogens is 1. The van der Waals surface area contributed by atoms with Crippen LogP contribution in [-0.4, -0.2) is 17.0 Å².